The summed E-state index contributed by atoms with van der Waals surface area (Å²) in [4.78, 5) is 23.2. The number of benzene rings is 1. The molecule has 2 aliphatic rings. The minimum atomic E-state index is 0.362. The molecule has 35 heavy (non-hydrogen) atoms. The van der Waals surface area contributed by atoms with Gasteiger partial charge in [-0.05, 0) is 41.5 Å². The Bertz CT molecular complexity index is 1320. The summed E-state index contributed by atoms with van der Waals surface area (Å²) in [6.07, 6.45) is 6.01. The molecule has 0 radical (unpaired) electrons. The van der Waals surface area contributed by atoms with Gasteiger partial charge in [-0.3, -0.25) is 14.9 Å². The molecule has 8 heteroatoms. The van der Waals surface area contributed by atoms with E-state index in [2.05, 4.69) is 49.4 Å². The summed E-state index contributed by atoms with van der Waals surface area (Å²) in [5, 5.41) is 3.33. The van der Waals surface area contributed by atoms with Crippen molar-refractivity contribution in [2.45, 2.75) is 13.0 Å². The first-order valence-corrected chi connectivity index (χ1v) is 11.9. The van der Waals surface area contributed by atoms with Crippen molar-refractivity contribution in [3.8, 4) is 22.9 Å². The Labute approximate surface area is 204 Å². The lowest BCUT2D eigenvalue weighted by Crippen LogP contribution is -2.46. The van der Waals surface area contributed by atoms with Crippen molar-refractivity contribution in [1.29, 1.82) is 0 Å². The number of ether oxygens (including phenoxy) is 1. The van der Waals surface area contributed by atoms with Gasteiger partial charge in [-0.25, -0.2) is 0 Å². The summed E-state index contributed by atoms with van der Waals surface area (Å²) < 4.78 is 6.04. The molecule has 4 heterocycles. The van der Waals surface area contributed by atoms with E-state index in [-0.39, 0.29) is 0 Å². The number of hydrogen-bond acceptors (Lipinski definition) is 8. The molecular weight excluding hydrogens is 438 g/mol. The quantitative estimate of drug-likeness (QED) is 0.403. The Morgan fingerprint density at radius 1 is 0.943 bits per heavy atom. The third kappa shape index (κ3) is 4.28. The number of nitrogens with one attached hydrogen (secondary N) is 1. The molecule has 4 aromatic rings. The molecule has 0 saturated carbocycles. The highest BCUT2D eigenvalue weighted by molar-refractivity contribution is 5.88. The summed E-state index contributed by atoms with van der Waals surface area (Å²) in [6.45, 7) is 4.50. The Morgan fingerprint density at radius 2 is 1.86 bits per heavy atom. The Kier molecular flexibility index (Phi) is 5.71. The summed E-state index contributed by atoms with van der Waals surface area (Å²) in [5.74, 6) is 1.57. The van der Waals surface area contributed by atoms with Gasteiger partial charge in [0.2, 0.25) is 0 Å². The fourth-order valence-electron chi connectivity index (χ4n) is 4.91. The van der Waals surface area contributed by atoms with Crippen molar-refractivity contribution in [1.82, 2.24) is 24.8 Å². The number of piperazine rings is 1. The average molecular weight is 466 g/mol. The van der Waals surface area contributed by atoms with Crippen LogP contribution in [0.25, 0.3) is 11.1 Å². The van der Waals surface area contributed by atoms with Gasteiger partial charge in [0.1, 0.15) is 11.6 Å². The van der Waals surface area contributed by atoms with E-state index in [0.29, 0.717) is 11.8 Å². The maximum atomic E-state index is 6.04. The van der Waals surface area contributed by atoms with Crippen molar-refractivity contribution in [2.24, 2.45) is 0 Å². The number of pyridine rings is 2. The molecule has 0 atom stereocenters. The number of hydrogen-bond donors (Lipinski definition) is 1. The Morgan fingerprint density at radius 3 is 2.63 bits per heavy atom. The zero-order chi connectivity index (χ0) is 23.6. The van der Waals surface area contributed by atoms with Crippen LogP contribution in [0.2, 0.25) is 0 Å². The third-order valence-electron chi connectivity index (χ3n) is 6.63. The largest absolute Gasteiger partial charge is 0.423 e. The number of rotatable bonds is 6. The average Bonchev–Trinajstić information content (AvgIpc) is 3.28. The maximum Gasteiger partial charge on any atom is 0.324 e. The highest BCUT2D eigenvalue weighted by Gasteiger charge is 2.31. The SMILES string of the molecule is CNc1cccc2c1Cc1nc(Oc3cccnc3)nc(N3CCN(Cc4ccccn4)CC3)c1-2. The molecule has 1 saturated heterocycles. The monoisotopic (exact) mass is 465 g/mol. The molecule has 8 nitrogen and oxygen atoms in total. The molecule has 1 aromatic carbocycles. The van der Waals surface area contributed by atoms with E-state index < -0.39 is 0 Å². The third-order valence-corrected chi connectivity index (χ3v) is 6.63. The van der Waals surface area contributed by atoms with E-state index in [1.807, 2.05) is 37.5 Å². The lowest BCUT2D eigenvalue weighted by Gasteiger charge is -2.36. The van der Waals surface area contributed by atoms with E-state index in [9.17, 15) is 0 Å². The predicted molar refractivity (Wildman–Crippen MR) is 136 cm³/mol. The van der Waals surface area contributed by atoms with Gasteiger partial charge in [0, 0.05) is 69.8 Å². The zero-order valence-electron chi connectivity index (χ0n) is 19.7. The number of fused-ring (bicyclic) bond motifs is 3. The number of nitrogens with zero attached hydrogens (tertiary/aromatic N) is 6. The molecule has 1 N–H and O–H groups in total. The molecule has 1 aliphatic heterocycles. The normalized spacial score (nSPS) is 14.9. The lowest BCUT2D eigenvalue weighted by atomic mass is 10.0. The zero-order valence-corrected chi connectivity index (χ0v) is 19.7. The first-order chi connectivity index (χ1) is 17.3. The van der Waals surface area contributed by atoms with Crippen LogP contribution in [0.1, 0.15) is 17.0 Å². The Balaban J connectivity index is 1.32. The summed E-state index contributed by atoms with van der Waals surface area (Å²) >= 11 is 0. The van der Waals surface area contributed by atoms with E-state index in [1.165, 1.54) is 11.1 Å². The second-order valence-corrected chi connectivity index (χ2v) is 8.79. The first-order valence-electron chi connectivity index (χ1n) is 11.9. The van der Waals surface area contributed by atoms with Crippen molar-refractivity contribution >= 4 is 11.5 Å². The minimum Gasteiger partial charge on any atom is -0.423 e. The van der Waals surface area contributed by atoms with Crippen molar-refractivity contribution in [2.75, 3.05) is 43.4 Å². The molecule has 0 unspecified atom stereocenters. The van der Waals surface area contributed by atoms with Gasteiger partial charge in [0.15, 0.2) is 0 Å². The molecule has 3 aromatic heterocycles. The molecule has 176 valence electrons. The smallest absolute Gasteiger partial charge is 0.324 e. The van der Waals surface area contributed by atoms with Gasteiger partial charge in [-0.15, -0.1) is 0 Å². The topological polar surface area (TPSA) is 79.3 Å². The lowest BCUT2D eigenvalue weighted by molar-refractivity contribution is 0.246. The number of anilines is 2. The van der Waals surface area contributed by atoms with Gasteiger partial charge in [-0.1, -0.05) is 18.2 Å². The van der Waals surface area contributed by atoms with Crippen LogP contribution in [0, 0.1) is 0 Å². The van der Waals surface area contributed by atoms with Crippen molar-refractivity contribution < 1.29 is 4.74 Å². The van der Waals surface area contributed by atoms with Gasteiger partial charge in [0.05, 0.1) is 17.6 Å². The van der Waals surface area contributed by atoms with Crippen LogP contribution in [0.3, 0.4) is 0 Å². The molecule has 0 bridgehead atoms. The summed E-state index contributed by atoms with van der Waals surface area (Å²) in [7, 11) is 1.96. The molecule has 0 spiro atoms. The van der Waals surface area contributed by atoms with E-state index in [4.69, 9.17) is 14.7 Å². The second-order valence-electron chi connectivity index (χ2n) is 8.79. The predicted octanol–water partition coefficient (Wildman–Crippen LogP) is 3.99. The molecule has 6 rings (SSSR count). The van der Waals surface area contributed by atoms with Crippen molar-refractivity contribution in [3.05, 3.63) is 84.1 Å². The highest BCUT2D eigenvalue weighted by Crippen LogP contribution is 2.45. The molecule has 1 fully saturated rings. The minimum absolute atomic E-state index is 0.362. The van der Waals surface area contributed by atoms with Crippen LogP contribution in [0.5, 0.6) is 11.8 Å². The van der Waals surface area contributed by atoms with Crippen molar-refractivity contribution in [3.63, 3.8) is 0 Å². The molecule has 0 amide bonds. The van der Waals surface area contributed by atoms with Crippen LogP contribution in [0.4, 0.5) is 11.5 Å². The first kappa shape index (κ1) is 21.5. The van der Waals surface area contributed by atoms with E-state index in [1.54, 1.807) is 12.4 Å². The van der Waals surface area contributed by atoms with Crippen LogP contribution < -0.4 is 15.0 Å². The molecular formula is C27H27N7O. The summed E-state index contributed by atoms with van der Waals surface area (Å²) in [6, 6.07) is 16.5. The van der Waals surface area contributed by atoms with Crippen LogP contribution in [-0.4, -0.2) is 58.1 Å². The Hall–Kier alpha value is -4.04. The van der Waals surface area contributed by atoms with Gasteiger partial charge in [0.25, 0.3) is 0 Å². The van der Waals surface area contributed by atoms with Crippen LogP contribution in [-0.2, 0) is 13.0 Å². The highest BCUT2D eigenvalue weighted by atomic mass is 16.5. The van der Waals surface area contributed by atoms with E-state index in [0.717, 1.165) is 67.6 Å². The fraction of sp³-hybridized carbons (Fsp3) is 0.259. The number of aromatic nitrogens is 4. The fourth-order valence-corrected chi connectivity index (χ4v) is 4.91. The summed E-state index contributed by atoms with van der Waals surface area (Å²) in [5.41, 5.74) is 6.81. The second kappa shape index (κ2) is 9.31. The van der Waals surface area contributed by atoms with Crippen LogP contribution >= 0.6 is 0 Å². The maximum absolute atomic E-state index is 6.04. The van der Waals surface area contributed by atoms with Gasteiger partial charge < -0.3 is 15.0 Å². The van der Waals surface area contributed by atoms with Gasteiger partial charge in [-0.2, -0.15) is 9.97 Å². The van der Waals surface area contributed by atoms with Gasteiger partial charge >= 0.3 is 6.01 Å². The molecule has 1 aliphatic carbocycles. The van der Waals surface area contributed by atoms with E-state index >= 15 is 0 Å². The standard InChI is InChI=1S/C27H27N7O/c1-28-23-9-4-8-21-22(23)16-24-25(21)26(32-27(31-24)35-20-7-5-10-29-17-20)34-14-12-33(13-15-34)18-19-6-2-3-11-30-19/h2-11,17,28H,12-16,18H2,1H3. The van der Waals surface area contributed by atoms with Crippen LogP contribution in [0.15, 0.2) is 67.1 Å².